The third kappa shape index (κ3) is 6.08. The van der Waals surface area contributed by atoms with E-state index in [9.17, 15) is 9.59 Å². The van der Waals surface area contributed by atoms with Gasteiger partial charge in [0.05, 0.1) is 12.1 Å². The number of aromatic amines is 1. The summed E-state index contributed by atoms with van der Waals surface area (Å²) >= 11 is 7.34. The summed E-state index contributed by atoms with van der Waals surface area (Å²) in [4.78, 5) is 30.5. The highest BCUT2D eigenvalue weighted by Gasteiger charge is 2.09. The van der Waals surface area contributed by atoms with E-state index in [4.69, 9.17) is 11.6 Å². The summed E-state index contributed by atoms with van der Waals surface area (Å²) in [6.45, 7) is 3.77. The summed E-state index contributed by atoms with van der Waals surface area (Å²) < 4.78 is 0. The van der Waals surface area contributed by atoms with E-state index in [-0.39, 0.29) is 23.9 Å². The zero-order valence-electron chi connectivity index (χ0n) is 12.9. The number of H-pyrrole nitrogens is 1. The minimum absolute atomic E-state index is 0.0566. The van der Waals surface area contributed by atoms with Gasteiger partial charge >= 0.3 is 0 Å². The van der Waals surface area contributed by atoms with E-state index in [1.807, 2.05) is 38.1 Å². The molecule has 0 saturated carbocycles. The molecule has 0 radical (unpaired) electrons. The van der Waals surface area contributed by atoms with Crippen LogP contribution >= 0.6 is 23.4 Å². The Bertz CT molecular complexity index is 746. The Morgan fingerprint density at radius 1 is 1.39 bits per heavy atom. The van der Waals surface area contributed by atoms with Gasteiger partial charge in [-0.15, -0.1) is 0 Å². The molecule has 2 aromatic rings. The molecule has 2 N–H and O–H groups in total. The van der Waals surface area contributed by atoms with Crippen molar-refractivity contribution in [2.45, 2.75) is 37.2 Å². The van der Waals surface area contributed by atoms with E-state index in [0.717, 1.165) is 5.56 Å². The predicted molar refractivity (Wildman–Crippen MR) is 92.9 cm³/mol. The molecule has 0 spiro atoms. The van der Waals surface area contributed by atoms with Gasteiger partial charge in [0.1, 0.15) is 0 Å². The molecule has 1 aromatic carbocycles. The number of nitrogens with zero attached hydrogens (tertiary/aromatic N) is 1. The number of hydrogen-bond acceptors (Lipinski definition) is 4. The minimum atomic E-state index is -0.263. The SMILES string of the molecule is CC(C)NC(=O)Cc1cc(=O)[nH]c(SCc2cccc(Cl)c2)n1. The van der Waals surface area contributed by atoms with E-state index < -0.39 is 0 Å². The van der Waals surface area contributed by atoms with E-state index in [0.29, 0.717) is 21.6 Å². The average molecular weight is 352 g/mol. The molecule has 0 fully saturated rings. The number of hydrogen-bond donors (Lipinski definition) is 2. The Morgan fingerprint density at radius 2 is 2.17 bits per heavy atom. The molecule has 7 heteroatoms. The monoisotopic (exact) mass is 351 g/mol. The van der Waals surface area contributed by atoms with E-state index >= 15 is 0 Å². The van der Waals surface area contributed by atoms with Crippen LogP contribution in [-0.2, 0) is 17.0 Å². The van der Waals surface area contributed by atoms with Crippen LogP contribution in [0.3, 0.4) is 0 Å². The number of carbonyl (C=O) groups excluding carboxylic acids is 1. The summed E-state index contributed by atoms with van der Waals surface area (Å²) in [6, 6.07) is 8.92. The van der Waals surface area contributed by atoms with Crippen LogP contribution in [-0.4, -0.2) is 21.9 Å². The lowest BCUT2D eigenvalue weighted by atomic mass is 10.2. The molecule has 5 nitrogen and oxygen atoms in total. The van der Waals surface area contributed by atoms with Crippen molar-refractivity contribution >= 4 is 29.3 Å². The second-order valence-electron chi connectivity index (χ2n) is 5.36. The average Bonchev–Trinajstić information content (AvgIpc) is 2.43. The number of aromatic nitrogens is 2. The van der Waals surface area contributed by atoms with Gasteiger partial charge in [0.2, 0.25) is 5.91 Å². The van der Waals surface area contributed by atoms with Gasteiger partial charge in [-0.25, -0.2) is 4.98 Å². The highest BCUT2D eigenvalue weighted by molar-refractivity contribution is 7.98. The van der Waals surface area contributed by atoms with Gasteiger partial charge in [-0.1, -0.05) is 35.5 Å². The number of rotatable bonds is 6. The number of halogens is 1. The lowest BCUT2D eigenvalue weighted by Gasteiger charge is -2.08. The highest BCUT2D eigenvalue weighted by Crippen LogP contribution is 2.20. The summed E-state index contributed by atoms with van der Waals surface area (Å²) in [5.74, 6) is 0.481. The van der Waals surface area contributed by atoms with Gasteiger partial charge in [0.25, 0.3) is 5.56 Å². The van der Waals surface area contributed by atoms with Gasteiger partial charge in [0, 0.05) is 22.9 Å². The molecule has 0 aliphatic rings. The van der Waals surface area contributed by atoms with E-state index in [1.54, 1.807) is 0 Å². The van der Waals surface area contributed by atoms with Crippen molar-refractivity contribution in [3.8, 4) is 0 Å². The lowest BCUT2D eigenvalue weighted by Crippen LogP contribution is -2.32. The zero-order valence-corrected chi connectivity index (χ0v) is 14.5. The van der Waals surface area contributed by atoms with Gasteiger partial charge < -0.3 is 10.3 Å². The maximum atomic E-state index is 11.8. The first-order chi connectivity index (χ1) is 10.9. The van der Waals surface area contributed by atoms with Crippen LogP contribution in [0.15, 0.2) is 40.3 Å². The molecule has 1 heterocycles. The minimum Gasteiger partial charge on any atom is -0.354 e. The fourth-order valence-electron chi connectivity index (χ4n) is 1.96. The topological polar surface area (TPSA) is 74.8 Å². The van der Waals surface area contributed by atoms with Crippen molar-refractivity contribution in [3.63, 3.8) is 0 Å². The molecule has 0 unspecified atom stereocenters. The molecule has 23 heavy (non-hydrogen) atoms. The van der Waals surface area contributed by atoms with Crippen molar-refractivity contribution in [2.75, 3.05) is 0 Å². The van der Waals surface area contributed by atoms with Crippen molar-refractivity contribution in [2.24, 2.45) is 0 Å². The summed E-state index contributed by atoms with van der Waals surface area (Å²) in [5.41, 5.74) is 1.23. The Morgan fingerprint density at radius 3 is 2.87 bits per heavy atom. The van der Waals surface area contributed by atoms with Crippen LogP contribution in [0, 0.1) is 0 Å². The normalized spacial score (nSPS) is 10.8. The number of amides is 1. The molecule has 0 saturated heterocycles. The fourth-order valence-corrected chi connectivity index (χ4v) is 3.01. The van der Waals surface area contributed by atoms with Crippen molar-refractivity contribution in [1.29, 1.82) is 0 Å². The maximum Gasteiger partial charge on any atom is 0.251 e. The molecule has 1 aromatic heterocycles. The third-order valence-electron chi connectivity index (χ3n) is 2.83. The zero-order chi connectivity index (χ0) is 16.8. The van der Waals surface area contributed by atoms with Crippen LogP contribution in [0.4, 0.5) is 0 Å². The smallest absolute Gasteiger partial charge is 0.251 e. The standard InChI is InChI=1S/C16H18ClN3O2S/c1-10(2)18-14(21)7-13-8-15(22)20-16(19-13)23-9-11-4-3-5-12(17)6-11/h3-6,8,10H,7,9H2,1-2H3,(H,18,21)(H,19,20,22). The molecule has 122 valence electrons. The third-order valence-corrected chi connectivity index (χ3v) is 4.01. The summed E-state index contributed by atoms with van der Waals surface area (Å²) in [6.07, 6.45) is 0.0901. The first kappa shape index (κ1) is 17.6. The summed E-state index contributed by atoms with van der Waals surface area (Å²) in [5, 5.41) is 3.94. The Balaban J connectivity index is 2.05. The number of nitrogens with one attached hydrogen (secondary N) is 2. The fraction of sp³-hybridized carbons (Fsp3) is 0.312. The Kier molecular flexibility index (Phi) is 6.24. The molecular weight excluding hydrogens is 334 g/mol. The quantitative estimate of drug-likeness (QED) is 0.620. The highest BCUT2D eigenvalue weighted by atomic mass is 35.5. The molecular formula is C16H18ClN3O2S. The van der Waals surface area contributed by atoms with Crippen molar-refractivity contribution in [3.05, 3.63) is 57.0 Å². The Labute approximate surface area is 143 Å². The van der Waals surface area contributed by atoms with Crippen LogP contribution in [0.1, 0.15) is 25.1 Å². The van der Waals surface area contributed by atoms with Gasteiger partial charge in [-0.05, 0) is 31.5 Å². The summed E-state index contributed by atoms with van der Waals surface area (Å²) in [7, 11) is 0. The molecule has 0 bridgehead atoms. The maximum absolute atomic E-state index is 11.8. The molecule has 0 aliphatic carbocycles. The second-order valence-corrected chi connectivity index (χ2v) is 6.76. The lowest BCUT2D eigenvalue weighted by molar-refractivity contribution is -0.120. The number of thioether (sulfide) groups is 1. The van der Waals surface area contributed by atoms with Crippen LogP contribution < -0.4 is 10.9 Å². The van der Waals surface area contributed by atoms with E-state index in [2.05, 4.69) is 15.3 Å². The first-order valence-corrected chi connectivity index (χ1v) is 8.55. The predicted octanol–water partition coefficient (Wildman–Crippen LogP) is 2.78. The van der Waals surface area contributed by atoms with Crippen molar-refractivity contribution < 1.29 is 4.79 Å². The van der Waals surface area contributed by atoms with Gasteiger partial charge in [-0.2, -0.15) is 0 Å². The largest absolute Gasteiger partial charge is 0.354 e. The molecule has 0 aliphatic heterocycles. The molecule has 0 atom stereocenters. The van der Waals surface area contributed by atoms with E-state index in [1.165, 1.54) is 17.8 Å². The Hall–Kier alpha value is -1.79. The number of benzene rings is 1. The van der Waals surface area contributed by atoms with Gasteiger partial charge in [0.15, 0.2) is 5.16 Å². The van der Waals surface area contributed by atoms with Crippen LogP contribution in [0.2, 0.25) is 5.02 Å². The molecule has 2 rings (SSSR count). The number of carbonyl (C=O) groups is 1. The first-order valence-electron chi connectivity index (χ1n) is 7.19. The van der Waals surface area contributed by atoms with Crippen LogP contribution in [0.25, 0.3) is 0 Å². The molecule has 1 amide bonds. The van der Waals surface area contributed by atoms with Gasteiger partial charge in [-0.3, -0.25) is 9.59 Å². The van der Waals surface area contributed by atoms with Crippen LogP contribution in [0.5, 0.6) is 0 Å². The van der Waals surface area contributed by atoms with Crippen molar-refractivity contribution in [1.82, 2.24) is 15.3 Å². The second kappa shape index (κ2) is 8.17.